The minimum Gasteiger partial charge on any atom is -0.487 e. The normalized spacial score (nSPS) is 15.9. The molecule has 0 unspecified atom stereocenters. The summed E-state index contributed by atoms with van der Waals surface area (Å²) >= 11 is 0. The maximum Gasteiger partial charge on any atom is 0.131 e. The SMILES string of the molecule is C=CC[C@@H](Oc1ccccc1)[C@@H](O)[C@H](O)CO. The van der Waals surface area contributed by atoms with Gasteiger partial charge in [0, 0.05) is 6.42 Å². The van der Waals surface area contributed by atoms with Crippen molar-refractivity contribution in [1.29, 1.82) is 0 Å². The van der Waals surface area contributed by atoms with Gasteiger partial charge < -0.3 is 20.1 Å². The van der Waals surface area contributed by atoms with Crippen LogP contribution >= 0.6 is 0 Å². The summed E-state index contributed by atoms with van der Waals surface area (Å²) in [7, 11) is 0. The van der Waals surface area contributed by atoms with Crippen LogP contribution in [0.4, 0.5) is 0 Å². The zero-order valence-corrected chi connectivity index (χ0v) is 9.57. The zero-order chi connectivity index (χ0) is 12.7. The van der Waals surface area contributed by atoms with Gasteiger partial charge in [-0.3, -0.25) is 0 Å². The standard InChI is InChI=1S/C13H18O4/c1-2-6-12(13(16)11(15)9-14)17-10-7-4-3-5-8-10/h2-5,7-8,11-16H,1,6,9H2/t11-,12-,13+/m1/s1. The second-order valence-corrected chi connectivity index (χ2v) is 3.73. The molecule has 0 saturated carbocycles. The van der Waals surface area contributed by atoms with Crippen LogP contribution in [0.25, 0.3) is 0 Å². The number of ether oxygens (including phenoxy) is 1. The van der Waals surface area contributed by atoms with E-state index < -0.39 is 24.9 Å². The molecule has 1 rings (SSSR count). The fraction of sp³-hybridized carbons (Fsp3) is 0.385. The van der Waals surface area contributed by atoms with E-state index in [1.54, 1.807) is 18.2 Å². The van der Waals surface area contributed by atoms with Crippen LogP contribution in [0.15, 0.2) is 43.0 Å². The Balaban J connectivity index is 2.69. The average Bonchev–Trinajstić information content (AvgIpc) is 2.37. The van der Waals surface area contributed by atoms with E-state index >= 15 is 0 Å². The van der Waals surface area contributed by atoms with Crippen molar-refractivity contribution in [2.24, 2.45) is 0 Å². The number of aliphatic hydroxyl groups is 3. The van der Waals surface area contributed by atoms with Crippen molar-refractivity contribution in [2.45, 2.75) is 24.7 Å². The summed E-state index contributed by atoms with van der Waals surface area (Å²) in [6, 6.07) is 9.00. The highest BCUT2D eigenvalue weighted by Crippen LogP contribution is 2.16. The van der Waals surface area contributed by atoms with Crippen LogP contribution in [0.1, 0.15) is 6.42 Å². The van der Waals surface area contributed by atoms with Crippen molar-refractivity contribution >= 4 is 0 Å². The fourth-order valence-corrected chi connectivity index (χ4v) is 1.45. The van der Waals surface area contributed by atoms with E-state index in [2.05, 4.69) is 6.58 Å². The van der Waals surface area contributed by atoms with Gasteiger partial charge in [-0.1, -0.05) is 24.3 Å². The van der Waals surface area contributed by atoms with Crippen LogP contribution in [0.3, 0.4) is 0 Å². The van der Waals surface area contributed by atoms with E-state index in [-0.39, 0.29) is 0 Å². The Kier molecular flexibility index (Phi) is 5.69. The van der Waals surface area contributed by atoms with Gasteiger partial charge in [0.05, 0.1) is 6.61 Å². The first kappa shape index (κ1) is 13.7. The molecule has 0 aromatic heterocycles. The van der Waals surface area contributed by atoms with E-state index in [1.807, 2.05) is 18.2 Å². The predicted molar refractivity (Wildman–Crippen MR) is 64.8 cm³/mol. The van der Waals surface area contributed by atoms with Crippen molar-refractivity contribution in [2.75, 3.05) is 6.61 Å². The van der Waals surface area contributed by atoms with Crippen LogP contribution in [0, 0.1) is 0 Å². The van der Waals surface area contributed by atoms with E-state index in [4.69, 9.17) is 9.84 Å². The molecule has 4 nitrogen and oxygen atoms in total. The lowest BCUT2D eigenvalue weighted by atomic mass is 10.1. The molecule has 0 aliphatic heterocycles. The Morgan fingerprint density at radius 3 is 2.41 bits per heavy atom. The Morgan fingerprint density at radius 1 is 1.24 bits per heavy atom. The minimum atomic E-state index is -1.22. The second-order valence-electron chi connectivity index (χ2n) is 3.73. The molecule has 0 fully saturated rings. The number of benzene rings is 1. The third-order valence-electron chi connectivity index (χ3n) is 2.39. The molecule has 94 valence electrons. The third kappa shape index (κ3) is 4.19. The van der Waals surface area contributed by atoms with E-state index in [0.29, 0.717) is 12.2 Å². The molecular formula is C13H18O4. The summed E-state index contributed by atoms with van der Waals surface area (Å²) in [4.78, 5) is 0. The molecule has 0 bridgehead atoms. The molecule has 0 radical (unpaired) electrons. The van der Waals surface area contributed by atoms with Crippen molar-refractivity contribution < 1.29 is 20.1 Å². The molecule has 1 aromatic rings. The van der Waals surface area contributed by atoms with E-state index in [0.717, 1.165) is 0 Å². The Morgan fingerprint density at radius 2 is 1.88 bits per heavy atom. The third-order valence-corrected chi connectivity index (χ3v) is 2.39. The maximum atomic E-state index is 9.79. The lowest BCUT2D eigenvalue weighted by Crippen LogP contribution is -2.42. The highest BCUT2D eigenvalue weighted by Gasteiger charge is 2.26. The quantitative estimate of drug-likeness (QED) is 0.612. The Bertz CT molecular complexity index is 325. The Hall–Kier alpha value is -1.36. The largest absolute Gasteiger partial charge is 0.487 e. The molecule has 17 heavy (non-hydrogen) atoms. The van der Waals surface area contributed by atoms with Gasteiger partial charge in [-0.05, 0) is 12.1 Å². The first-order valence-corrected chi connectivity index (χ1v) is 5.48. The maximum absolute atomic E-state index is 9.79. The topological polar surface area (TPSA) is 69.9 Å². The minimum absolute atomic E-state index is 0.382. The van der Waals surface area contributed by atoms with Crippen LogP contribution in [0.5, 0.6) is 5.75 Å². The van der Waals surface area contributed by atoms with Crippen molar-refractivity contribution in [1.82, 2.24) is 0 Å². The molecule has 4 heteroatoms. The molecule has 1 aromatic carbocycles. The van der Waals surface area contributed by atoms with Crippen LogP contribution in [0.2, 0.25) is 0 Å². The van der Waals surface area contributed by atoms with Crippen molar-refractivity contribution in [3.63, 3.8) is 0 Å². The molecule has 0 aliphatic carbocycles. The molecular weight excluding hydrogens is 220 g/mol. The van der Waals surface area contributed by atoms with Gasteiger partial charge >= 0.3 is 0 Å². The summed E-state index contributed by atoms with van der Waals surface area (Å²) < 4.78 is 5.55. The van der Waals surface area contributed by atoms with Gasteiger partial charge in [0.1, 0.15) is 24.1 Å². The van der Waals surface area contributed by atoms with Gasteiger partial charge in [-0.2, -0.15) is 0 Å². The van der Waals surface area contributed by atoms with Gasteiger partial charge in [0.2, 0.25) is 0 Å². The summed E-state index contributed by atoms with van der Waals surface area (Å²) in [5.41, 5.74) is 0. The average molecular weight is 238 g/mol. The predicted octanol–water partition coefficient (Wildman–Crippen LogP) is 0.724. The number of para-hydroxylation sites is 1. The monoisotopic (exact) mass is 238 g/mol. The fourth-order valence-electron chi connectivity index (χ4n) is 1.45. The van der Waals surface area contributed by atoms with Crippen LogP contribution in [-0.2, 0) is 0 Å². The molecule has 0 heterocycles. The van der Waals surface area contributed by atoms with Crippen LogP contribution in [-0.4, -0.2) is 40.2 Å². The molecule has 3 N–H and O–H groups in total. The number of rotatable bonds is 7. The molecule has 0 saturated heterocycles. The van der Waals surface area contributed by atoms with Gasteiger partial charge in [-0.25, -0.2) is 0 Å². The second kappa shape index (κ2) is 7.06. The summed E-state index contributed by atoms with van der Waals surface area (Å²) in [5, 5.41) is 28.0. The molecule has 0 aliphatic rings. The summed E-state index contributed by atoms with van der Waals surface area (Å²) in [6.45, 7) is 3.07. The van der Waals surface area contributed by atoms with Gasteiger partial charge in [0.25, 0.3) is 0 Å². The number of hydrogen-bond donors (Lipinski definition) is 3. The molecule has 0 amide bonds. The highest BCUT2D eigenvalue weighted by molar-refractivity contribution is 5.21. The first-order valence-electron chi connectivity index (χ1n) is 5.48. The summed E-state index contributed by atoms with van der Waals surface area (Å²) in [5.74, 6) is 0.600. The van der Waals surface area contributed by atoms with Crippen molar-refractivity contribution in [3.05, 3.63) is 43.0 Å². The lowest BCUT2D eigenvalue weighted by molar-refractivity contribution is -0.0665. The molecule has 3 atom stereocenters. The van der Waals surface area contributed by atoms with E-state index in [1.165, 1.54) is 0 Å². The highest BCUT2D eigenvalue weighted by atomic mass is 16.5. The lowest BCUT2D eigenvalue weighted by Gasteiger charge is -2.25. The van der Waals surface area contributed by atoms with E-state index in [9.17, 15) is 10.2 Å². The number of aliphatic hydroxyl groups excluding tert-OH is 3. The van der Waals surface area contributed by atoms with Gasteiger partial charge in [-0.15, -0.1) is 6.58 Å². The van der Waals surface area contributed by atoms with Crippen molar-refractivity contribution in [3.8, 4) is 5.75 Å². The molecule has 0 spiro atoms. The van der Waals surface area contributed by atoms with Gasteiger partial charge in [0.15, 0.2) is 0 Å². The zero-order valence-electron chi connectivity index (χ0n) is 9.57. The summed E-state index contributed by atoms with van der Waals surface area (Å²) in [6.07, 6.45) is -1.02. The Labute approximate surface area is 101 Å². The first-order chi connectivity index (χ1) is 8.19. The van der Waals surface area contributed by atoms with Crippen LogP contribution < -0.4 is 4.74 Å². The smallest absolute Gasteiger partial charge is 0.131 e. The number of hydrogen-bond acceptors (Lipinski definition) is 4.